The van der Waals surface area contributed by atoms with E-state index >= 15 is 0 Å². The van der Waals surface area contributed by atoms with Crippen LogP contribution >= 0.6 is 15.9 Å². The van der Waals surface area contributed by atoms with E-state index in [1.165, 1.54) is 0 Å². The minimum Gasteiger partial charge on any atom is -0.497 e. The van der Waals surface area contributed by atoms with Crippen LogP contribution < -0.4 is 25.6 Å². The molecule has 0 aromatic heterocycles. The summed E-state index contributed by atoms with van der Waals surface area (Å²) >= 11 is 3.50. The van der Waals surface area contributed by atoms with Crippen molar-refractivity contribution in [1.82, 2.24) is 10.9 Å². The van der Waals surface area contributed by atoms with E-state index in [1.807, 2.05) is 30.3 Å². The van der Waals surface area contributed by atoms with Crippen molar-refractivity contribution in [3.63, 3.8) is 0 Å². The molecule has 0 aliphatic rings. The van der Waals surface area contributed by atoms with Gasteiger partial charge in [-0.25, -0.2) is 0 Å². The minimum atomic E-state index is -0.470. The summed E-state index contributed by atoms with van der Waals surface area (Å²) in [6.45, 7) is -0.229. The van der Waals surface area contributed by atoms with E-state index in [-0.39, 0.29) is 19.1 Å². The minimum absolute atomic E-state index is 0.00366. The summed E-state index contributed by atoms with van der Waals surface area (Å²) in [5.41, 5.74) is 5.42. The van der Waals surface area contributed by atoms with Crippen molar-refractivity contribution in [2.75, 3.05) is 25.6 Å². The molecule has 3 N–H and O–H groups in total. The number of rotatable bonds is 7. The molecule has 150 valence electrons. The quantitative estimate of drug-likeness (QED) is 0.473. The Morgan fingerprint density at radius 2 is 1.66 bits per heavy atom. The van der Waals surface area contributed by atoms with Gasteiger partial charge in [-0.2, -0.15) is 0 Å². The average Bonchev–Trinajstić information content (AvgIpc) is 2.76. The van der Waals surface area contributed by atoms with Gasteiger partial charge in [0.1, 0.15) is 11.5 Å². The number of hydrazine groups is 1. The predicted octanol–water partition coefficient (Wildman–Crippen LogP) is 3.25. The lowest BCUT2D eigenvalue weighted by atomic mass is 10.1. The maximum Gasteiger partial charge on any atom is 0.276 e. The molecule has 0 spiro atoms. The summed E-state index contributed by atoms with van der Waals surface area (Å²) in [6, 6.07) is 18.7. The van der Waals surface area contributed by atoms with Crippen molar-refractivity contribution in [1.29, 1.82) is 0 Å². The molecule has 8 heteroatoms. The Labute approximate surface area is 176 Å². The van der Waals surface area contributed by atoms with Crippen LogP contribution in [0.15, 0.2) is 65.1 Å². The largest absolute Gasteiger partial charge is 0.497 e. The van der Waals surface area contributed by atoms with E-state index in [2.05, 4.69) is 32.1 Å². The standard InChI is InChI=1S/C21H20BrN3O4/c1-28-16-9-7-15(8-10-16)23-12-19(26)24-25-20(27)13-29-18-11-6-14-4-2-3-5-17(14)21(18)22/h2-11,23H,12-13H2,1H3,(H,24,26)(H,25,27). The number of carbonyl (C=O) groups excluding carboxylic acids is 2. The first kappa shape index (κ1) is 20.5. The van der Waals surface area contributed by atoms with Crippen LogP contribution in [-0.2, 0) is 9.59 Å². The van der Waals surface area contributed by atoms with Gasteiger partial charge in [0.2, 0.25) is 0 Å². The van der Waals surface area contributed by atoms with Crippen LogP contribution in [0.4, 0.5) is 5.69 Å². The van der Waals surface area contributed by atoms with Gasteiger partial charge in [-0.3, -0.25) is 20.4 Å². The lowest BCUT2D eigenvalue weighted by Crippen LogP contribution is -2.45. The molecule has 0 bridgehead atoms. The Balaban J connectivity index is 1.42. The first-order chi connectivity index (χ1) is 14.1. The molecule has 0 fully saturated rings. The first-order valence-corrected chi connectivity index (χ1v) is 9.62. The number of anilines is 1. The smallest absolute Gasteiger partial charge is 0.276 e. The second-order valence-electron chi connectivity index (χ2n) is 6.07. The van der Waals surface area contributed by atoms with Gasteiger partial charge in [0.05, 0.1) is 18.1 Å². The molecule has 0 aliphatic carbocycles. The predicted molar refractivity (Wildman–Crippen MR) is 115 cm³/mol. The van der Waals surface area contributed by atoms with Gasteiger partial charge in [-0.1, -0.05) is 30.3 Å². The number of hydrogen-bond donors (Lipinski definition) is 3. The third-order valence-corrected chi connectivity index (χ3v) is 4.89. The third kappa shape index (κ3) is 5.61. The van der Waals surface area contributed by atoms with E-state index < -0.39 is 5.91 Å². The summed E-state index contributed by atoms with van der Waals surface area (Å²) < 4.78 is 11.4. The number of nitrogens with one attached hydrogen (secondary N) is 3. The van der Waals surface area contributed by atoms with Crippen LogP contribution in [0.1, 0.15) is 0 Å². The van der Waals surface area contributed by atoms with E-state index in [9.17, 15) is 9.59 Å². The number of ether oxygens (including phenoxy) is 2. The molecular formula is C21H20BrN3O4. The van der Waals surface area contributed by atoms with Crippen molar-refractivity contribution in [2.45, 2.75) is 0 Å². The zero-order valence-electron chi connectivity index (χ0n) is 15.7. The molecule has 29 heavy (non-hydrogen) atoms. The average molecular weight is 458 g/mol. The molecule has 2 amide bonds. The van der Waals surface area contributed by atoms with E-state index in [0.29, 0.717) is 5.75 Å². The van der Waals surface area contributed by atoms with Gasteiger partial charge in [-0.05, 0) is 57.0 Å². The molecule has 0 saturated carbocycles. The Hall–Kier alpha value is -3.26. The third-order valence-electron chi connectivity index (χ3n) is 4.07. The van der Waals surface area contributed by atoms with Gasteiger partial charge >= 0.3 is 0 Å². The molecular weight excluding hydrogens is 438 g/mol. The molecule has 3 aromatic carbocycles. The van der Waals surface area contributed by atoms with Crippen LogP contribution in [-0.4, -0.2) is 32.1 Å². The number of amides is 2. The van der Waals surface area contributed by atoms with Gasteiger partial charge < -0.3 is 14.8 Å². The number of halogens is 1. The molecule has 3 aromatic rings. The maximum atomic E-state index is 11.9. The van der Waals surface area contributed by atoms with Crippen molar-refractivity contribution >= 4 is 44.2 Å². The SMILES string of the molecule is COc1ccc(NCC(=O)NNC(=O)COc2ccc3ccccc3c2Br)cc1. The van der Waals surface area contributed by atoms with Crippen LogP contribution in [0.3, 0.4) is 0 Å². The highest BCUT2D eigenvalue weighted by Crippen LogP contribution is 2.32. The molecule has 7 nitrogen and oxygen atoms in total. The summed E-state index contributed by atoms with van der Waals surface area (Å²) in [5.74, 6) is 0.417. The highest BCUT2D eigenvalue weighted by Gasteiger charge is 2.09. The fourth-order valence-electron chi connectivity index (χ4n) is 2.58. The van der Waals surface area contributed by atoms with Crippen LogP contribution in [0.25, 0.3) is 10.8 Å². The fraction of sp³-hybridized carbons (Fsp3) is 0.143. The monoisotopic (exact) mass is 457 g/mol. The van der Waals surface area contributed by atoms with Crippen molar-refractivity contribution in [2.24, 2.45) is 0 Å². The zero-order chi connectivity index (χ0) is 20.6. The van der Waals surface area contributed by atoms with Crippen LogP contribution in [0.2, 0.25) is 0 Å². The topological polar surface area (TPSA) is 88.7 Å². The molecule has 0 unspecified atom stereocenters. The summed E-state index contributed by atoms with van der Waals surface area (Å²) in [7, 11) is 1.58. The van der Waals surface area contributed by atoms with Gasteiger partial charge in [0, 0.05) is 5.69 Å². The van der Waals surface area contributed by atoms with Crippen molar-refractivity contribution < 1.29 is 19.1 Å². The lowest BCUT2D eigenvalue weighted by Gasteiger charge is -2.12. The number of hydrogen-bond acceptors (Lipinski definition) is 5. The zero-order valence-corrected chi connectivity index (χ0v) is 17.3. The number of carbonyl (C=O) groups is 2. The summed E-state index contributed by atoms with van der Waals surface area (Å²) in [6.07, 6.45) is 0. The summed E-state index contributed by atoms with van der Waals surface area (Å²) in [4.78, 5) is 23.8. The first-order valence-electron chi connectivity index (χ1n) is 8.82. The summed E-state index contributed by atoms with van der Waals surface area (Å²) in [5, 5.41) is 5.00. The normalized spacial score (nSPS) is 10.3. The molecule has 0 heterocycles. The molecule has 0 radical (unpaired) electrons. The number of methoxy groups -OCH3 is 1. The van der Waals surface area contributed by atoms with Crippen LogP contribution in [0, 0.1) is 0 Å². The number of fused-ring (bicyclic) bond motifs is 1. The Kier molecular flexibility index (Phi) is 6.91. The number of benzene rings is 3. The Morgan fingerprint density at radius 3 is 2.41 bits per heavy atom. The van der Waals surface area contributed by atoms with Gasteiger partial charge in [-0.15, -0.1) is 0 Å². The highest BCUT2D eigenvalue weighted by atomic mass is 79.9. The van der Waals surface area contributed by atoms with E-state index in [0.717, 1.165) is 26.7 Å². The van der Waals surface area contributed by atoms with Gasteiger partial charge in [0.25, 0.3) is 11.8 Å². The fourth-order valence-corrected chi connectivity index (χ4v) is 3.19. The van der Waals surface area contributed by atoms with E-state index in [1.54, 1.807) is 37.4 Å². The Morgan fingerprint density at radius 1 is 0.931 bits per heavy atom. The van der Waals surface area contributed by atoms with Gasteiger partial charge in [0.15, 0.2) is 6.61 Å². The lowest BCUT2D eigenvalue weighted by molar-refractivity contribution is -0.129. The molecule has 0 saturated heterocycles. The molecule has 0 aliphatic heterocycles. The molecule has 3 rings (SSSR count). The Bertz CT molecular complexity index is 1010. The second kappa shape index (κ2) is 9.79. The van der Waals surface area contributed by atoms with E-state index in [4.69, 9.17) is 9.47 Å². The maximum absolute atomic E-state index is 11.9. The van der Waals surface area contributed by atoms with Crippen molar-refractivity contribution in [3.8, 4) is 11.5 Å². The molecule has 0 atom stereocenters. The second-order valence-corrected chi connectivity index (χ2v) is 6.86. The van der Waals surface area contributed by atoms with Crippen LogP contribution in [0.5, 0.6) is 11.5 Å². The highest BCUT2D eigenvalue weighted by molar-refractivity contribution is 9.10. The van der Waals surface area contributed by atoms with Crippen molar-refractivity contribution in [3.05, 3.63) is 65.1 Å².